The lowest BCUT2D eigenvalue weighted by atomic mass is 10.1. The third kappa shape index (κ3) is 4.89. The molecule has 0 aromatic carbocycles. The zero-order valence-electron chi connectivity index (χ0n) is 12.2. The molecule has 7 nitrogen and oxygen atoms in total. The number of aromatic nitrogens is 2. The number of thioether (sulfide) groups is 1. The summed E-state index contributed by atoms with van der Waals surface area (Å²) >= 11 is 1.47. The number of aliphatic carboxylic acids is 2. The molecule has 1 heterocycles. The molecule has 1 atom stereocenters. The Kier molecular flexibility index (Phi) is 6.41. The van der Waals surface area contributed by atoms with Gasteiger partial charge in [0.15, 0.2) is 0 Å². The average molecular weight is 313 g/mol. The van der Waals surface area contributed by atoms with Crippen LogP contribution in [0.25, 0.3) is 0 Å². The Balaban J connectivity index is 3.05. The molecule has 0 fully saturated rings. The van der Waals surface area contributed by atoms with Gasteiger partial charge in [-0.15, -0.1) is 11.8 Å². The van der Waals surface area contributed by atoms with Crippen LogP contribution in [0.15, 0.2) is 5.03 Å². The Morgan fingerprint density at radius 3 is 2.48 bits per heavy atom. The number of nitrogens with one attached hydrogen (secondary N) is 1. The van der Waals surface area contributed by atoms with E-state index in [4.69, 9.17) is 5.11 Å². The van der Waals surface area contributed by atoms with Crippen molar-refractivity contribution in [2.24, 2.45) is 0 Å². The van der Waals surface area contributed by atoms with Crippen LogP contribution in [0.5, 0.6) is 0 Å². The highest BCUT2D eigenvalue weighted by atomic mass is 32.2. The van der Waals surface area contributed by atoms with Crippen molar-refractivity contribution in [1.82, 2.24) is 9.97 Å². The molecule has 116 valence electrons. The van der Waals surface area contributed by atoms with E-state index in [0.29, 0.717) is 18.1 Å². The van der Waals surface area contributed by atoms with Gasteiger partial charge >= 0.3 is 11.9 Å². The molecule has 21 heavy (non-hydrogen) atoms. The number of hydrogen-bond acceptors (Lipinski definition) is 6. The van der Waals surface area contributed by atoms with E-state index in [2.05, 4.69) is 15.3 Å². The predicted molar refractivity (Wildman–Crippen MR) is 79.8 cm³/mol. The Labute approximate surface area is 127 Å². The van der Waals surface area contributed by atoms with Crippen LogP contribution in [0.4, 0.5) is 5.82 Å². The fraction of sp³-hybridized carbons (Fsp3) is 0.538. The highest BCUT2D eigenvalue weighted by Crippen LogP contribution is 2.25. The van der Waals surface area contributed by atoms with E-state index in [0.717, 1.165) is 10.6 Å². The highest BCUT2D eigenvalue weighted by Gasteiger charge is 2.21. The number of carbonyl (C=O) groups is 2. The summed E-state index contributed by atoms with van der Waals surface area (Å²) in [4.78, 5) is 30.4. The minimum Gasteiger partial charge on any atom is -0.481 e. The van der Waals surface area contributed by atoms with Crippen LogP contribution in [0, 0.1) is 6.92 Å². The minimum atomic E-state index is -1.10. The monoisotopic (exact) mass is 313 g/mol. The molecule has 0 radical (unpaired) electrons. The first-order chi connectivity index (χ1) is 9.88. The largest absolute Gasteiger partial charge is 0.481 e. The molecule has 0 aliphatic heterocycles. The fourth-order valence-electron chi connectivity index (χ4n) is 1.87. The van der Waals surface area contributed by atoms with Gasteiger partial charge < -0.3 is 15.5 Å². The lowest BCUT2D eigenvalue weighted by molar-refractivity contribution is -0.139. The van der Waals surface area contributed by atoms with Crippen molar-refractivity contribution in [2.45, 2.75) is 44.2 Å². The summed E-state index contributed by atoms with van der Waals surface area (Å²) in [6.45, 7) is 3.67. The minimum absolute atomic E-state index is 0.00846. The molecule has 1 rings (SSSR count). The number of rotatable bonds is 8. The third-order valence-electron chi connectivity index (χ3n) is 2.88. The van der Waals surface area contributed by atoms with E-state index in [1.54, 1.807) is 6.92 Å². The van der Waals surface area contributed by atoms with E-state index < -0.39 is 18.0 Å². The summed E-state index contributed by atoms with van der Waals surface area (Å²) in [5.41, 5.74) is 0.842. The summed E-state index contributed by atoms with van der Waals surface area (Å²) in [5.74, 6) is -1.11. The molecular formula is C13H19N3O4S. The summed E-state index contributed by atoms with van der Waals surface area (Å²) in [6.07, 6.45) is 2.32. The molecule has 3 N–H and O–H groups in total. The average Bonchev–Trinajstić information content (AvgIpc) is 2.41. The van der Waals surface area contributed by atoms with Gasteiger partial charge in [0.25, 0.3) is 0 Å². The van der Waals surface area contributed by atoms with Crippen LogP contribution in [0.3, 0.4) is 0 Å². The van der Waals surface area contributed by atoms with Gasteiger partial charge in [0.1, 0.15) is 22.7 Å². The second-order valence-corrected chi connectivity index (χ2v) is 5.22. The van der Waals surface area contributed by atoms with E-state index >= 15 is 0 Å². The van der Waals surface area contributed by atoms with Crippen LogP contribution in [-0.2, 0) is 16.0 Å². The summed E-state index contributed by atoms with van der Waals surface area (Å²) in [7, 11) is 0. The highest BCUT2D eigenvalue weighted by molar-refractivity contribution is 7.98. The van der Waals surface area contributed by atoms with E-state index in [9.17, 15) is 14.7 Å². The zero-order chi connectivity index (χ0) is 16.0. The van der Waals surface area contributed by atoms with E-state index in [-0.39, 0.29) is 12.8 Å². The SMILES string of the molecule is CCc1c(NC(CCC(=O)O)C(=O)O)nc(C)nc1SC. The first-order valence-corrected chi connectivity index (χ1v) is 7.74. The molecule has 1 unspecified atom stereocenters. The number of carboxylic acids is 2. The fourth-order valence-corrected chi connectivity index (χ4v) is 2.58. The van der Waals surface area contributed by atoms with Crippen LogP contribution in [0.2, 0.25) is 0 Å². The normalized spacial score (nSPS) is 12.0. The Hall–Kier alpha value is -1.83. The molecule has 0 saturated heterocycles. The van der Waals surface area contributed by atoms with Gasteiger partial charge in [0.2, 0.25) is 0 Å². The Morgan fingerprint density at radius 2 is 2.00 bits per heavy atom. The van der Waals surface area contributed by atoms with Gasteiger partial charge in [-0.25, -0.2) is 14.8 Å². The lowest BCUT2D eigenvalue weighted by Gasteiger charge is -2.18. The molecule has 8 heteroatoms. The second-order valence-electron chi connectivity index (χ2n) is 4.43. The third-order valence-corrected chi connectivity index (χ3v) is 3.61. The van der Waals surface area contributed by atoms with Gasteiger partial charge in [-0.05, 0) is 26.0 Å². The Morgan fingerprint density at radius 1 is 1.33 bits per heavy atom. The number of anilines is 1. The number of nitrogens with zero attached hydrogens (tertiary/aromatic N) is 2. The second kappa shape index (κ2) is 7.82. The van der Waals surface area contributed by atoms with Crippen molar-refractivity contribution in [3.8, 4) is 0 Å². The number of hydrogen-bond donors (Lipinski definition) is 3. The lowest BCUT2D eigenvalue weighted by Crippen LogP contribution is -2.31. The smallest absolute Gasteiger partial charge is 0.326 e. The van der Waals surface area contributed by atoms with Crippen molar-refractivity contribution in [1.29, 1.82) is 0 Å². The molecule has 1 aromatic rings. The van der Waals surface area contributed by atoms with Gasteiger partial charge in [-0.2, -0.15) is 0 Å². The molecular weight excluding hydrogens is 294 g/mol. The molecule has 0 saturated carbocycles. The van der Waals surface area contributed by atoms with Gasteiger partial charge in [0, 0.05) is 12.0 Å². The molecule has 0 aliphatic carbocycles. The van der Waals surface area contributed by atoms with Crippen molar-refractivity contribution >= 4 is 29.5 Å². The topological polar surface area (TPSA) is 112 Å². The summed E-state index contributed by atoms with van der Waals surface area (Å²) in [5, 5.41) is 21.5. The number of carboxylic acid groups (broad SMARTS) is 2. The molecule has 0 amide bonds. The van der Waals surface area contributed by atoms with Crippen LogP contribution in [0.1, 0.15) is 31.2 Å². The first-order valence-electron chi connectivity index (χ1n) is 6.51. The standard InChI is InChI=1S/C13H19N3O4S/c1-4-8-11(14-7(2)15-12(8)21-3)16-9(13(19)20)5-6-10(17)18/h9H,4-6H2,1-3H3,(H,17,18)(H,19,20)(H,14,15,16). The van der Waals surface area contributed by atoms with Crippen molar-refractivity contribution in [3.63, 3.8) is 0 Å². The van der Waals surface area contributed by atoms with Crippen molar-refractivity contribution < 1.29 is 19.8 Å². The van der Waals surface area contributed by atoms with E-state index in [1.807, 2.05) is 13.2 Å². The maximum atomic E-state index is 11.3. The van der Waals surface area contributed by atoms with E-state index in [1.165, 1.54) is 11.8 Å². The summed E-state index contributed by atoms with van der Waals surface area (Å²) < 4.78 is 0. The van der Waals surface area contributed by atoms with Crippen molar-refractivity contribution in [2.75, 3.05) is 11.6 Å². The molecule has 0 aliphatic rings. The quantitative estimate of drug-likeness (QED) is 0.492. The van der Waals surface area contributed by atoms with Crippen LogP contribution < -0.4 is 5.32 Å². The first kappa shape index (κ1) is 17.2. The van der Waals surface area contributed by atoms with Crippen molar-refractivity contribution in [3.05, 3.63) is 11.4 Å². The molecule has 1 aromatic heterocycles. The maximum Gasteiger partial charge on any atom is 0.326 e. The van der Waals surface area contributed by atoms with Gasteiger partial charge in [-0.3, -0.25) is 4.79 Å². The predicted octanol–water partition coefficient (Wildman–Crippen LogP) is 1.80. The van der Waals surface area contributed by atoms with Gasteiger partial charge in [-0.1, -0.05) is 6.92 Å². The zero-order valence-corrected chi connectivity index (χ0v) is 13.0. The Bertz CT molecular complexity index is 536. The van der Waals surface area contributed by atoms with Gasteiger partial charge in [0.05, 0.1) is 0 Å². The summed E-state index contributed by atoms with van der Waals surface area (Å²) in [6, 6.07) is -0.990. The number of aryl methyl sites for hydroxylation is 1. The molecule has 0 spiro atoms. The maximum absolute atomic E-state index is 11.3. The van der Waals surface area contributed by atoms with Crippen LogP contribution >= 0.6 is 11.8 Å². The molecule has 0 bridgehead atoms. The van der Waals surface area contributed by atoms with Crippen LogP contribution in [-0.4, -0.2) is 44.4 Å².